The summed E-state index contributed by atoms with van der Waals surface area (Å²) >= 11 is 0. The van der Waals surface area contributed by atoms with E-state index >= 15 is 0 Å². The van der Waals surface area contributed by atoms with E-state index in [1.54, 1.807) is 6.07 Å². The van der Waals surface area contributed by atoms with E-state index in [4.69, 9.17) is 0 Å². The molecule has 1 aromatic heterocycles. The third kappa shape index (κ3) is 3.35. The van der Waals surface area contributed by atoms with Crippen LogP contribution in [0.4, 0.5) is 0 Å². The maximum atomic E-state index is 9.69. The number of rotatable bonds is 6. The topological polar surface area (TPSA) is 50.1 Å². The Morgan fingerprint density at radius 1 is 1.21 bits per heavy atom. The molecule has 2 N–H and O–H groups in total. The van der Waals surface area contributed by atoms with E-state index < -0.39 is 0 Å². The van der Waals surface area contributed by atoms with E-state index in [2.05, 4.69) is 30.3 Å². The fourth-order valence-electron chi connectivity index (χ4n) is 2.09. The van der Waals surface area contributed by atoms with Crippen molar-refractivity contribution in [3.05, 3.63) is 47.3 Å². The number of aryl methyl sites for hydroxylation is 2. The lowest BCUT2D eigenvalue weighted by Crippen LogP contribution is -2.16. The minimum absolute atomic E-state index is 0.341. The maximum Gasteiger partial charge on any atom is 0.120 e. The SMILES string of the molecule is CCc1cc(CNCc2ccccc2O)n(CC)n1. The molecular formula is C15H21N3O. The Bertz CT molecular complexity index is 534. The molecule has 2 aromatic rings. The van der Waals surface area contributed by atoms with Gasteiger partial charge in [0.1, 0.15) is 5.75 Å². The van der Waals surface area contributed by atoms with Crippen molar-refractivity contribution in [1.82, 2.24) is 15.1 Å². The van der Waals surface area contributed by atoms with Crippen LogP contribution >= 0.6 is 0 Å². The van der Waals surface area contributed by atoms with Gasteiger partial charge in [-0.2, -0.15) is 5.10 Å². The minimum atomic E-state index is 0.341. The molecule has 0 spiro atoms. The summed E-state index contributed by atoms with van der Waals surface area (Å²) in [5, 5.41) is 17.6. The predicted molar refractivity (Wildman–Crippen MR) is 75.9 cm³/mol. The zero-order valence-corrected chi connectivity index (χ0v) is 11.6. The van der Waals surface area contributed by atoms with E-state index in [1.165, 1.54) is 5.69 Å². The zero-order valence-electron chi connectivity index (χ0n) is 11.6. The van der Waals surface area contributed by atoms with Crippen LogP contribution in [0.2, 0.25) is 0 Å². The quantitative estimate of drug-likeness (QED) is 0.838. The summed E-state index contributed by atoms with van der Waals surface area (Å²) in [6, 6.07) is 9.54. The highest BCUT2D eigenvalue weighted by atomic mass is 16.3. The highest BCUT2D eigenvalue weighted by Crippen LogP contribution is 2.15. The number of nitrogens with one attached hydrogen (secondary N) is 1. The fourth-order valence-corrected chi connectivity index (χ4v) is 2.09. The number of nitrogens with zero attached hydrogens (tertiary/aromatic N) is 2. The van der Waals surface area contributed by atoms with Crippen molar-refractivity contribution in [2.24, 2.45) is 0 Å². The molecule has 1 heterocycles. The van der Waals surface area contributed by atoms with Crippen LogP contribution in [0.25, 0.3) is 0 Å². The van der Waals surface area contributed by atoms with Gasteiger partial charge < -0.3 is 10.4 Å². The van der Waals surface area contributed by atoms with E-state index in [1.807, 2.05) is 22.9 Å². The van der Waals surface area contributed by atoms with Crippen molar-refractivity contribution in [2.75, 3.05) is 0 Å². The van der Waals surface area contributed by atoms with Crippen LogP contribution in [-0.4, -0.2) is 14.9 Å². The van der Waals surface area contributed by atoms with Crippen LogP contribution in [-0.2, 0) is 26.1 Å². The van der Waals surface area contributed by atoms with E-state index in [-0.39, 0.29) is 0 Å². The Labute approximate surface area is 114 Å². The number of phenolic OH excluding ortho intramolecular Hbond substituents is 1. The van der Waals surface area contributed by atoms with Gasteiger partial charge in [-0.05, 0) is 25.5 Å². The van der Waals surface area contributed by atoms with Crippen LogP contribution < -0.4 is 5.32 Å². The van der Waals surface area contributed by atoms with Gasteiger partial charge in [0, 0.05) is 25.2 Å². The molecule has 0 bridgehead atoms. The number of aromatic nitrogens is 2. The third-order valence-electron chi connectivity index (χ3n) is 3.19. The zero-order chi connectivity index (χ0) is 13.7. The van der Waals surface area contributed by atoms with Gasteiger partial charge in [-0.25, -0.2) is 0 Å². The Balaban J connectivity index is 1.96. The molecule has 0 aliphatic rings. The molecule has 4 nitrogen and oxygen atoms in total. The summed E-state index contributed by atoms with van der Waals surface area (Å²) in [6.45, 7) is 6.51. The average Bonchev–Trinajstić information content (AvgIpc) is 2.83. The van der Waals surface area contributed by atoms with E-state index in [9.17, 15) is 5.11 Å². The first-order chi connectivity index (χ1) is 9.24. The number of phenols is 1. The lowest BCUT2D eigenvalue weighted by molar-refractivity contribution is 0.463. The Kier molecular flexibility index (Phi) is 4.58. The number of benzene rings is 1. The molecule has 102 valence electrons. The molecule has 0 aliphatic heterocycles. The van der Waals surface area contributed by atoms with Gasteiger partial charge in [0.2, 0.25) is 0 Å². The van der Waals surface area contributed by atoms with E-state index in [0.29, 0.717) is 12.3 Å². The molecule has 0 radical (unpaired) electrons. The van der Waals surface area contributed by atoms with Gasteiger partial charge in [-0.1, -0.05) is 25.1 Å². The van der Waals surface area contributed by atoms with Crippen LogP contribution in [0.5, 0.6) is 5.75 Å². The van der Waals surface area contributed by atoms with Gasteiger partial charge in [0.05, 0.1) is 11.4 Å². The van der Waals surface area contributed by atoms with Crippen molar-refractivity contribution in [2.45, 2.75) is 39.9 Å². The number of hydrogen-bond acceptors (Lipinski definition) is 3. The predicted octanol–water partition coefficient (Wildman–Crippen LogP) is 2.46. The third-order valence-corrected chi connectivity index (χ3v) is 3.19. The summed E-state index contributed by atoms with van der Waals surface area (Å²) in [5.74, 6) is 0.341. The first kappa shape index (κ1) is 13.6. The highest BCUT2D eigenvalue weighted by Gasteiger charge is 2.05. The van der Waals surface area contributed by atoms with Gasteiger partial charge >= 0.3 is 0 Å². The van der Waals surface area contributed by atoms with Crippen molar-refractivity contribution in [1.29, 1.82) is 0 Å². The monoisotopic (exact) mass is 259 g/mol. The number of aromatic hydroxyl groups is 1. The van der Waals surface area contributed by atoms with Crippen LogP contribution in [0, 0.1) is 0 Å². The highest BCUT2D eigenvalue weighted by molar-refractivity contribution is 5.31. The van der Waals surface area contributed by atoms with Crippen LogP contribution in [0.3, 0.4) is 0 Å². The molecule has 0 saturated heterocycles. The second-order valence-electron chi connectivity index (χ2n) is 4.53. The van der Waals surface area contributed by atoms with Gasteiger partial charge in [-0.3, -0.25) is 4.68 Å². The summed E-state index contributed by atoms with van der Waals surface area (Å²) < 4.78 is 2.02. The molecule has 1 aromatic carbocycles. The second-order valence-corrected chi connectivity index (χ2v) is 4.53. The summed E-state index contributed by atoms with van der Waals surface area (Å²) in [5.41, 5.74) is 3.23. The van der Waals surface area contributed by atoms with Gasteiger partial charge in [0.25, 0.3) is 0 Å². The molecule has 19 heavy (non-hydrogen) atoms. The standard InChI is InChI=1S/C15H21N3O/c1-3-13-9-14(18(4-2)17-13)11-16-10-12-7-5-6-8-15(12)19/h5-9,16,19H,3-4,10-11H2,1-2H3. The molecule has 4 heteroatoms. The average molecular weight is 259 g/mol. The lowest BCUT2D eigenvalue weighted by Gasteiger charge is -2.08. The minimum Gasteiger partial charge on any atom is -0.508 e. The van der Waals surface area contributed by atoms with Gasteiger partial charge in [-0.15, -0.1) is 0 Å². The molecule has 2 rings (SSSR count). The summed E-state index contributed by atoms with van der Waals surface area (Å²) in [7, 11) is 0. The first-order valence-corrected chi connectivity index (χ1v) is 6.77. The summed E-state index contributed by atoms with van der Waals surface area (Å²) in [6.07, 6.45) is 0.958. The lowest BCUT2D eigenvalue weighted by atomic mass is 10.2. The summed E-state index contributed by atoms with van der Waals surface area (Å²) in [4.78, 5) is 0. The molecule has 0 fully saturated rings. The van der Waals surface area contributed by atoms with Crippen LogP contribution in [0.1, 0.15) is 30.8 Å². The number of para-hydroxylation sites is 1. The Morgan fingerprint density at radius 3 is 2.68 bits per heavy atom. The molecular weight excluding hydrogens is 238 g/mol. The molecule has 0 aliphatic carbocycles. The second kappa shape index (κ2) is 6.38. The Hall–Kier alpha value is -1.81. The van der Waals surface area contributed by atoms with Crippen molar-refractivity contribution in [3.63, 3.8) is 0 Å². The number of hydrogen-bond donors (Lipinski definition) is 2. The largest absolute Gasteiger partial charge is 0.508 e. The van der Waals surface area contributed by atoms with Crippen LogP contribution in [0.15, 0.2) is 30.3 Å². The van der Waals surface area contributed by atoms with Crippen molar-refractivity contribution < 1.29 is 5.11 Å². The molecule has 0 atom stereocenters. The first-order valence-electron chi connectivity index (χ1n) is 6.77. The molecule has 0 unspecified atom stereocenters. The molecule has 0 amide bonds. The normalized spacial score (nSPS) is 10.8. The van der Waals surface area contributed by atoms with E-state index in [0.717, 1.165) is 30.8 Å². The maximum absolute atomic E-state index is 9.69. The smallest absolute Gasteiger partial charge is 0.120 e. The van der Waals surface area contributed by atoms with Crippen molar-refractivity contribution >= 4 is 0 Å². The molecule has 0 saturated carbocycles. The van der Waals surface area contributed by atoms with Crippen molar-refractivity contribution in [3.8, 4) is 5.75 Å². The fraction of sp³-hybridized carbons (Fsp3) is 0.400. The Morgan fingerprint density at radius 2 is 2.00 bits per heavy atom. The van der Waals surface area contributed by atoms with Gasteiger partial charge in [0.15, 0.2) is 0 Å².